The van der Waals surface area contributed by atoms with Crippen molar-refractivity contribution in [2.75, 3.05) is 13.2 Å². The van der Waals surface area contributed by atoms with Crippen LogP contribution in [0.1, 0.15) is 239 Å². The van der Waals surface area contributed by atoms with E-state index in [2.05, 4.69) is 69.4 Å². The first-order chi connectivity index (χ1) is 28.0. The smallest absolute Gasteiger partial charge is 0.306 e. The maximum atomic E-state index is 12.7. The van der Waals surface area contributed by atoms with Gasteiger partial charge in [-0.2, -0.15) is 0 Å². The summed E-state index contributed by atoms with van der Waals surface area (Å²) in [4.78, 5) is 37.7. The third kappa shape index (κ3) is 44.3. The first-order valence-corrected chi connectivity index (χ1v) is 24.1. The van der Waals surface area contributed by atoms with E-state index >= 15 is 0 Å². The molecular weight excluding hydrogens is 709 g/mol. The first-order valence-electron chi connectivity index (χ1n) is 24.1. The second kappa shape index (κ2) is 46.1. The summed E-state index contributed by atoms with van der Waals surface area (Å²) in [7, 11) is 0. The van der Waals surface area contributed by atoms with Crippen LogP contribution in [0.15, 0.2) is 48.6 Å². The van der Waals surface area contributed by atoms with Gasteiger partial charge in [0.1, 0.15) is 13.2 Å². The Bertz CT molecular complexity index is 1010. The largest absolute Gasteiger partial charge is 0.462 e. The molecular formula is C51H90O6. The van der Waals surface area contributed by atoms with Gasteiger partial charge in [0.05, 0.1) is 0 Å². The zero-order valence-corrected chi connectivity index (χ0v) is 37.6. The highest BCUT2D eigenvalue weighted by Crippen LogP contribution is 2.14. The lowest BCUT2D eigenvalue weighted by Gasteiger charge is -2.18. The maximum absolute atomic E-state index is 12.7. The van der Waals surface area contributed by atoms with E-state index in [1.165, 1.54) is 116 Å². The summed E-state index contributed by atoms with van der Waals surface area (Å²) < 4.78 is 16.7. The van der Waals surface area contributed by atoms with E-state index in [1.807, 2.05) is 0 Å². The molecule has 0 bridgehead atoms. The quantitative estimate of drug-likeness (QED) is 0.0265. The van der Waals surface area contributed by atoms with Gasteiger partial charge in [0.25, 0.3) is 0 Å². The Morgan fingerprint density at radius 3 is 1.12 bits per heavy atom. The summed E-state index contributed by atoms with van der Waals surface area (Å²) in [5, 5.41) is 0. The molecule has 0 aliphatic heterocycles. The van der Waals surface area contributed by atoms with Crippen LogP contribution in [0.3, 0.4) is 0 Å². The minimum atomic E-state index is -0.791. The van der Waals surface area contributed by atoms with Gasteiger partial charge in [0.2, 0.25) is 0 Å². The average molecular weight is 799 g/mol. The Morgan fingerprint density at radius 2 is 0.684 bits per heavy atom. The summed E-state index contributed by atoms with van der Waals surface area (Å²) in [5.74, 6) is -0.939. The van der Waals surface area contributed by atoms with E-state index in [0.29, 0.717) is 19.3 Å². The van der Waals surface area contributed by atoms with Crippen molar-refractivity contribution in [3.63, 3.8) is 0 Å². The minimum absolute atomic E-state index is 0.0899. The number of ether oxygens (including phenoxy) is 3. The topological polar surface area (TPSA) is 78.9 Å². The zero-order chi connectivity index (χ0) is 41.5. The van der Waals surface area contributed by atoms with Gasteiger partial charge in [-0.15, -0.1) is 0 Å². The standard InChI is InChI=1S/C51H90O6/c1-4-7-10-13-16-19-21-23-24-25-26-27-28-30-32-35-38-41-44-50(53)56-47-48(46-55-49(52)43-40-37-34-31-18-15-12-9-6-3)57-51(54)45-42-39-36-33-29-22-20-17-14-11-8-5-2/h8,11,17,20,26-27,29,33,48H,4-7,9-10,12-16,18-19,21-25,28,30-32,34-47H2,1-3H3/b11-8-,20-17-,27-26-,33-29-. The Balaban J connectivity index is 4.34. The Kier molecular flexibility index (Phi) is 43.9. The summed E-state index contributed by atoms with van der Waals surface area (Å²) in [6, 6.07) is 0. The molecule has 6 heteroatoms. The van der Waals surface area contributed by atoms with Crippen LogP contribution >= 0.6 is 0 Å². The molecule has 1 atom stereocenters. The summed E-state index contributed by atoms with van der Waals surface area (Å²) in [6.45, 7) is 6.46. The van der Waals surface area contributed by atoms with Crippen LogP contribution in [0.2, 0.25) is 0 Å². The molecule has 57 heavy (non-hydrogen) atoms. The molecule has 0 amide bonds. The van der Waals surface area contributed by atoms with Crippen LogP contribution in [0, 0.1) is 0 Å². The van der Waals surface area contributed by atoms with Crippen LogP contribution in [-0.2, 0) is 28.6 Å². The van der Waals surface area contributed by atoms with E-state index < -0.39 is 6.10 Å². The summed E-state index contributed by atoms with van der Waals surface area (Å²) in [5.41, 5.74) is 0. The molecule has 1 unspecified atom stereocenters. The van der Waals surface area contributed by atoms with Gasteiger partial charge in [-0.1, -0.05) is 191 Å². The molecule has 0 aromatic rings. The van der Waals surface area contributed by atoms with Crippen LogP contribution < -0.4 is 0 Å². The Hall–Kier alpha value is -2.63. The molecule has 0 aromatic heterocycles. The fraction of sp³-hybridized carbons (Fsp3) is 0.784. The first kappa shape index (κ1) is 54.4. The van der Waals surface area contributed by atoms with Crippen molar-refractivity contribution in [3.8, 4) is 0 Å². The number of carbonyl (C=O) groups is 3. The zero-order valence-electron chi connectivity index (χ0n) is 37.6. The van der Waals surface area contributed by atoms with Crippen LogP contribution in [0.25, 0.3) is 0 Å². The van der Waals surface area contributed by atoms with Crippen LogP contribution in [0.4, 0.5) is 0 Å². The molecule has 0 saturated heterocycles. The van der Waals surface area contributed by atoms with Gasteiger partial charge in [-0.3, -0.25) is 14.4 Å². The highest BCUT2D eigenvalue weighted by molar-refractivity contribution is 5.71. The lowest BCUT2D eigenvalue weighted by Crippen LogP contribution is -2.30. The number of carbonyl (C=O) groups excluding carboxylic acids is 3. The molecule has 6 nitrogen and oxygen atoms in total. The monoisotopic (exact) mass is 799 g/mol. The normalized spacial score (nSPS) is 12.4. The van der Waals surface area contributed by atoms with Crippen LogP contribution in [0.5, 0.6) is 0 Å². The molecule has 0 heterocycles. The van der Waals surface area contributed by atoms with Gasteiger partial charge in [-0.05, 0) is 77.0 Å². The maximum Gasteiger partial charge on any atom is 0.306 e. The van der Waals surface area contributed by atoms with Gasteiger partial charge in [0, 0.05) is 19.3 Å². The third-order valence-electron chi connectivity index (χ3n) is 10.3. The fourth-order valence-corrected chi connectivity index (χ4v) is 6.69. The SMILES string of the molecule is CC/C=C\C/C=C\C/C=C\CCCCC(=O)OC(COC(=O)CCCCCCC/C=C\CCCCCCCCCCC)COC(=O)CCCCCCCCCCC. The van der Waals surface area contributed by atoms with Crippen molar-refractivity contribution in [3.05, 3.63) is 48.6 Å². The predicted octanol–water partition coefficient (Wildman–Crippen LogP) is 15.5. The number of hydrogen-bond donors (Lipinski definition) is 0. The number of esters is 3. The van der Waals surface area contributed by atoms with Gasteiger partial charge in [-0.25, -0.2) is 0 Å². The van der Waals surface area contributed by atoms with E-state index in [4.69, 9.17) is 14.2 Å². The van der Waals surface area contributed by atoms with Gasteiger partial charge < -0.3 is 14.2 Å². The Morgan fingerprint density at radius 1 is 0.368 bits per heavy atom. The highest BCUT2D eigenvalue weighted by atomic mass is 16.6. The van der Waals surface area contributed by atoms with E-state index in [0.717, 1.165) is 77.0 Å². The molecule has 0 N–H and O–H groups in total. The second-order valence-corrected chi connectivity index (χ2v) is 16.0. The van der Waals surface area contributed by atoms with Crippen molar-refractivity contribution in [1.82, 2.24) is 0 Å². The molecule has 0 aliphatic rings. The number of hydrogen-bond acceptors (Lipinski definition) is 6. The molecule has 0 spiro atoms. The van der Waals surface area contributed by atoms with Crippen molar-refractivity contribution in [2.24, 2.45) is 0 Å². The molecule has 0 radical (unpaired) electrons. The fourth-order valence-electron chi connectivity index (χ4n) is 6.69. The van der Waals surface area contributed by atoms with Gasteiger partial charge >= 0.3 is 17.9 Å². The average Bonchev–Trinajstić information content (AvgIpc) is 3.21. The van der Waals surface area contributed by atoms with E-state index in [9.17, 15) is 14.4 Å². The van der Waals surface area contributed by atoms with Gasteiger partial charge in [0.15, 0.2) is 6.10 Å². The summed E-state index contributed by atoms with van der Waals surface area (Å²) in [6.07, 6.45) is 53.9. The minimum Gasteiger partial charge on any atom is -0.462 e. The summed E-state index contributed by atoms with van der Waals surface area (Å²) >= 11 is 0. The van der Waals surface area contributed by atoms with Crippen molar-refractivity contribution < 1.29 is 28.6 Å². The molecule has 0 rings (SSSR count). The molecule has 0 aliphatic carbocycles. The predicted molar refractivity (Wildman–Crippen MR) is 242 cm³/mol. The van der Waals surface area contributed by atoms with E-state index in [-0.39, 0.29) is 37.5 Å². The Labute approximate surface area is 352 Å². The molecule has 330 valence electrons. The van der Waals surface area contributed by atoms with E-state index in [1.54, 1.807) is 0 Å². The van der Waals surface area contributed by atoms with Crippen molar-refractivity contribution >= 4 is 17.9 Å². The van der Waals surface area contributed by atoms with Crippen molar-refractivity contribution in [2.45, 2.75) is 245 Å². The third-order valence-corrected chi connectivity index (χ3v) is 10.3. The van der Waals surface area contributed by atoms with Crippen molar-refractivity contribution in [1.29, 1.82) is 0 Å². The van der Waals surface area contributed by atoms with Crippen LogP contribution in [-0.4, -0.2) is 37.2 Å². The molecule has 0 saturated carbocycles. The number of allylic oxidation sites excluding steroid dienone is 8. The number of rotatable bonds is 43. The second-order valence-electron chi connectivity index (χ2n) is 16.0. The molecule has 0 fully saturated rings. The lowest BCUT2D eigenvalue weighted by molar-refractivity contribution is -0.167. The lowest BCUT2D eigenvalue weighted by atomic mass is 10.1. The molecule has 0 aromatic carbocycles. The highest BCUT2D eigenvalue weighted by Gasteiger charge is 2.19. The number of unbranched alkanes of at least 4 members (excludes halogenated alkanes) is 24.